The van der Waals surface area contributed by atoms with Crippen molar-refractivity contribution in [3.63, 3.8) is 0 Å². The zero-order valence-corrected chi connectivity index (χ0v) is 9.89. The van der Waals surface area contributed by atoms with Gasteiger partial charge in [-0.1, -0.05) is 30.7 Å². The summed E-state index contributed by atoms with van der Waals surface area (Å²) in [7, 11) is 0. The number of aliphatic hydroxyl groups is 1. The first-order valence-corrected chi connectivity index (χ1v) is 6.52. The molecule has 1 aromatic rings. The van der Waals surface area contributed by atoms with E-state index in [1.165, 1.54) is 31.2 Å². The average molecular weight is 216 g/mol. The second-order valence-electron chi connectivity index (χ2n) is 5.62. The topological polar surface area (TPSA) is 20.2 Å². The molecule has 0 heterocycles. The zero-order chi connectivity index (χ0) is 11.1. The molecule has 3 rings (SSSR count). The van der Waals surface area contributed by atoms with Gasteiger partial charge in [-0.25, -0.2) is 0 Å². The Kier molecular flexibility index (Phi) is 2.51. The average Bonchev–Trinajstić information content (AvgIpc) is 2.91. The smallest absolute Gasteiger partial charge is 0.0761 e. The fraction of sp³-hybridized carbons (Fsp3) is 0.600. The first-order chi connectivity index (χ1) is 7.74. The van der Waals surface area contributed by atoms with Crippen molar-refractivity contribution in [3.8, 4) is 0 Å². The quantitative estimate of drug-likeness (QED) is 0.800. The van der Waals surface area contributed by atoms with Gasteiger partial charge in [0.25, 0.3) is 0 Å². The predicted octanol–water partition coefficient (Wildman–Crippen LogP) is 3.64. The van der Waals surface area contributed by atoms with E-state index in [1.807, 2.05) is 6.92 Å². The number of hydrogen-bond acceptors (Lipinski definition) is 1. The molecule has 2 fully saturated rings. The van der Waals surface area contributed by atoms with Gasteiger partial charge in [-0.2, -0.15) is 0 Å². The minimum atomic E-state index is -0.339. The van der Waals surface area contributed by atoms with Crippen LogP contribution in [0.25, 0.3) is 0 Å². The van der Waals surface area contributed by atoms with Crippen molar-refractivity contribution in [3.05, 3.63) is 35.4 Å². The van der Waals surface area contributed by atoms with E-state index in [0.29, 0.717) is 0 Å². The van der Waals surface area contributed by atoms with Crippen LogP contribution >= 0.6 is 0 Å². The molecule has 4 unspecified atom stereocenters. The van der Waals surface area contributed by atoms with E-state index in [2.05, 4.69) is 24.3 Å². The first-order valence-electron chi connectivity index (χ1n) is 6.52. The van der Waals surface area contributed by atoms with Crippen molar-refractivity contribution in [1.82, 2.24) is 0 Å². The second-order valence-corrected chi connectivity index (χ2v) is 5.62. The lowest BCUT2D eigenvalue weighted by Crippen LogP contribution is -2.08. The minimum absolute atomic E-state index is 0.339. The Hall–Kier alpha value is -0.820. The van der Waals surface area contributed by atoms with E-state index in [0.717, 1.165) is 23.3 Å². The molecular weight excluding hydrogens is 196 g/mol. The number of hydrogen-bond donors (Lipinski definition) is 1. The molecule has 0 amide bonds. The Morgan fingerprint density at radius 2 is 1.88 bits per heavy atom. The van der Waals surface area contributed by atoms with E-state index >= 15 is 0 Å². The Bertz CT molecular complexity index is 366. The molecule has 0 radical (unpaired) electrons. The minimum Gasteiger partial charge on any atom is -0.389 e. The summed E-state index contributed by atoms with van der Waals surface area (Å²) in [6.45, 7) is 1.83. The standard InChI is InChI=1S/C15H20O/c1-10(16)12-4-6-13(7-5-12)15-9-11-2-3-14(15)8-11/h4-7,10-11,14-16H,2-3,8-9H2,1H3. The van der Waals surface area contributed by atoms with Crippen molar-refractivity contribution in [1.29, 1.82) is 0 Å². The number of aliphatic hydroxyl groups excluding tert-OH is 1. The van der Waals surface area contributed by atoms with Crippen LogP contribution in [0.4, 0.5) is 0 Å². The maximum Gasteiger partial charge on any atom is 0.0761 e. The van der Waals surface area contributed by atoms with Crippen molar-refractivity contribution in [2.75, 3.05) is 0 Å². The molecule has 1 N–H and O–H groups in total. The molecule has 1 nitrogen and oxygen atoms in total. The van der Waals surface area contributed by atoms with Gasteiger partial charge in [0.05, 0.1) is 6.10 Å². The lowest BCUT2D eigenvalue weighted by Gasteiger charge is -2.22. The molecule has 2 aliphatic rings. The highest BCUT2D eigenvalue weighted by Gasteiger charge is 2.39. The predicted molar refractivity (Wildman–Crippen MR) is 65.3 cm³/mol. The van der Waals surface area contributed by atoms with Crippen LogP contribution < -0.4 is 0 Å². The molecule has 0 saturated heterocycles. The molecule has 1 aromatic carbocycles. The molecule has 2 bridgehead atoms. The molecule has 0 aliphatic heterocycles. The summed E-state index contributed by atoms with van der Waals surface area (Å²) in [6, 6.07) is 8.64. The Balaban J connectivity index is 1.80. The maximum atomic E-state index is 9.49. The number of rotatable bonds is 2. The van der Waals surface area contributed by atoms with E-state index in [4.69, 9.17) is 0 Å². The molecular formula is C15H20O. The van der Waals surface area contributed by atoms with Crippen molar-refractivity contribution >= 4 is 0 Å². The van der Waals surface area contributed by atoms with Gasteiger partial charge in [0.1, 0.15) is 0 Å². The van der Waals surface area contributed by atoms with Crippen LogP contribution in [0, 0.1) is 11.8 Å². The van der Waals surface area contributed by atoms with Gasteiger partial charge in [0.2, 0.25) is 0 Å². The molecule has 2 aliphatic carbocycles. The highest BCUT2D eigenvalue weighted by atomic mass is 16.3. The number of fused-ring (bicyclic) bond motifs is 2. The summed E-state index contributed by atoms with van der Waals surface area (Å²) < 4.78 is 0. The lowest BCUT2D eigenvalue weighted by atomic mass is 9.83. The third-order valence-electron chi connectivity index (χ3n) is 4.59. The van der Waals surface area contributed by atoms with Crippen LogP contribution in [-0.4, -0.2) is 5.11 Å². The van der Waals surface area contributed by atoms with E-state index in [9.17, 15) is 5.11 Å². The Morgan fingerprint density at radius 1 is 1.12 bits per heavy atom. The van der Waals surface area contributed by atoms with E-state index < -0.39 is 0 Å². The molecule has 1 heteroatoms. The second kappa shape index (κ2) is 3.89. The third kappa shape index (κ3) is 1.67. The summed E-state index contributed by atoms with van der Waals surface area (Å²) in [5, 5.41) is 9.49. The van der Waals surface area contributed by atoms with Crippen LogP contribution in [0.2, 0.25) is 0 Å². The van der Waals surface area contributed by atoms with Gasteiger partial charge in [-0.15, -0.1) is 0 Å². The Labute approximate surface area is 97.5 Å². The molecule has 0 aromatic heterocycles. The fourth-order valence-corrected chi connectivity index (χ4v) is 3.67. The first kappa shape index (κ1) is 10.3. The number of benzene rings is 1. The summed E-state index contributed by atoms with van der Waals surface area (Å²) >= 11 is 0. The maximum absolute atomic E-state index is 9.49. The third-order valence-corrected chi connectivity index (χ3v) is 4.59. The molecule has 86 valence electrons. The summed E-state index contributed by atoms with van der Waals surface area (Å²) in [6.07, 6.45) is 5.43. The molecule has 0 spiro atoms. The SMILES string of the molecule is CC(O)c1ccc(C2CC3CCC2C3)cc1. The highest BCUT2D eigenvalue weighted by Crippen LogP contribution is 2.52. The van der Waals surface area contributed by atoms with E-state index in [1.54, 1.807) is 0 Å². The monoisotopic (exact) mass is 216 g/mol. The zero-order valence-electron chi connectivity index (χ0n) is 9.89. The van der Waals surface area contributed by atoms with Crippen LogP contribution in [0.1, 0.15) is 55.8 Å². The van der Waals surface area contributed by atoms with Gasteiger partial charge in [0.15, 0.2) is 0 Å². The van der Waals surface area contributed by atoms with E-state index in [-0.39, 0.29) is 6.10 Å². The van der Waals surface area contributed by atoms with Crippen LogP contribution in [0.5, 0.6) is 0 Å². The van der Waals surface area contributed by atoms with Crippen molar-refractivity contribution in [2.24, 2.45) is 11.8 Å². The van der Waals surface area contributed by atoms with Crippen molar-refractivity contribution in [2.45, 2.75) is 44.6 Å². The normalized spacial score (nSPS) is 34.2. The fourth-order valence-electron chi connectivity index (χ4n) is 3.67. The van der Waals surface area contributed by atoms with Crippen LogP contribution in [0.3, 0.4) is 0 Å². The van der Waals surface area contributed by atoms with Gasteiger partial charge >= 0.3 is 0 Å². The summed E-state index contributed by atoms with van der Waals surface area (Å²) in [4.78, 5) is 0. The largest absolute Gasteiger partial charge is 0.389 e. The van der Waals surface area contributed by atoms with Crippen LogP contribution in [-0.2, 0) is 0 Å². The lowest BCUT2D eigenvalue weighted by molar-refractivity contribution is 0.199. The van der Waals surface area contributed by atoms with Crippen LogP contribution in [0.15, 0.2) is 24.3 Å². The molecule has 16 heavy (non-hydrogen) atoms. The summed E-state index contributed by atoms with van der Waals surface area (Å²) in [5.74, 6) is 2.76. The summed E-state index contributed by atoms with van der Waals surface area (Å²) in [5.41, 5.74) is 2.53. The molecule has 2 saturated carbocycles. The Morgan fingerprint density at radius 3 is 2.38 bits per heavy atom. The molecule has 4 atom stereocenters. The van der Waals surface area contributed by atoms with Gasteiger partial charge in [0, 0.05) is 0 Å². The van der Waals surface area contributed by atoms with Gasteiger partial charge < -0.3 is 5.11 Å². The highest BCUT2D eigenvalue weighted by molar-refractivity contribution is 5.28. The van der Waals surface area contributed by atoms with Gasteiger partial charge in [-0.3, -0.25) is 0 Å². The van der Waals surface area contributed by atoms with Crippen molar-refractivity contribution < 1.29 is 5.11 Å². The van der Waals surface area contributed by atoms with Gasteiger partial charge in [-0.05, 0) is 55.1 Å².